The van der Waals surface area contributed by atoms with E-state index < -0.39 is 10.9 Å². The number of benzene rings is 2. The molecule has 3 rings (SSSR count). The molecule has 1 aliphatic rings. The number of carboxylic acids is 1. The molecule has 2 N–H and O–H groups in total. The van der Waals surface area contributed by atoms with Gasteiger partial charge in [-0.25, -0.2) is 4.79 Å². The number of carboxylic acid groups (broad SMARTS) is 1. The summed E-state index contributed by atoms with van der Waals surface area (Å²) in [6.45, 7) is 0.0655. The maximum Gasteiger partial charge on any atom is 0.335 e. The van der Waals surface area contributed by atoms with Gasteiger partial charge in [0, 0.05) is 30.8 Å². The van der Waals surface area contributed by atoms with Crippen LogP contribution in [0.5, 0.6) is 0 Å². The number of nitro benzene ring substituents is 1. The summed E-state index contributed by atoms with van der Waals surface area (Å²) in [5, 5.41) is 22.4. The van der Waals surface area contributed by atoms with Crippen LogP contribution in [-0.2, 0) is 9.59 Å². The highest BCUT2D eigenvalue weighted by Crippen LogP contribution is 2.33. The molecule has 1 fully saturated rings. The Hall–Kier alpha value is -3.57. The van der Waals surface area contributed by atoms with Gasteiger partial charge < -0.3 is 10.4 Å². The number of aromatic carboxylic acids is 1. The Kier molecular flexibility index (Phi) is 6.78. The molecule has 0 atom stereocenters. The summed E-state index contributed by atoms with van der Waals surface area (Å²) >= 11 is 6.29. The molecule has 0 saturated carbocycles. The molecule has 0 aliphatic carbocycles. The molecule has 158 valence electrons. The average Bonchev–Trinajstić information content (AvgIpc) is 2.99. The second kappa shape index (κ2) is 9.49. The van der Waals surface area contributed by atoms with Crippen LogP contribution in [0, 0.1) is 10.1 Å². The molecular weight excluding hydrogens is 442 g/mol. The van der Waals surface area contributed by atoms with Gasteiger partial charge in [0.15, 0.2) is 0 Å². The van der Waals surface area contributed by atoms with Crippen molar-refractivity contribution in [3.05, 3.63) is 74.7 Å². The Balaban J connectivity index is 1.61. The summed E-state index contributed by atoms with van der Waals surface area (Å²) < 4.78 is 0.292. The van der Waals surface area contributed by atoms with Crippen LogP contribution in [0.1, 0.15) is 22.3 Å². The van der Waals surface area contributed by atoms with E-state index in [0.29, 0.717) is 20.5 Å². The van der Waals surface area contributed by atoms with Crippen LogP contribution in [0.4, 0.5) is 11.4 Å². The van der Waals surface area contributed by atoms with Gasteiger partial charge in [-0.05, 0) is 35.9 Å². The number of thiocarbonyl (C=S) groups is 1. The number of thioether (sulfide) groups is 1. The number of carbonyl (C=O) groups excluding carboxylic acids is 2. The van der Waals surface area contributed by atoms with Crippen LogP contribution in [0.2, 0.25) is 0 Å². The molecule has 0 radical (unpaired) electrons. The lowest BCUT2D eigenvalue weighted by atomic mass is 10.2. The van der Waals surface area contributed by atoms with Crippen molar-refractivity contribution in [3.8, 4) is 0 Å². The number of anilines is 1. The van der Waals surface area contributed by atoms with Crippen LogP contribution in [-0.4, -0.2) is 43.6 Å². The van der Waals surface area contributed by atoms with E-state index in [2.05, 4.69) is 5.32 Å². The maximum absolute atomic E-state index is 12.6. The predicted molar refractivity (Wildman–Crippen MR) is 120 cm³/mol. The Labute approximate surface area is 185 Å². The van der Waals surface area contributed by atoms with Crippen molar-refractivity contribution < 1.29 is 24.4 Å². The SMILES string of the molecule is O=C(CCN1C(=O)/C(=C/c2cccc([N+](=O)[O-])c2)SC1=S)Nc1ccc(C(=O)O)cc1. The fourth-order valence-corrected chi connectivity index (χ4v) is 4.01. The van der Waals surface area contributed by atoms with Crippen molar-refractivity contribution in [1.82, 2.24) is 4.90 Å². The lowest BCUT2D eigenvalue weighted by Crippen LogP contribution is -2.31. The first kappa shape index (κ1) is 22.1. The lowest BCUT2D eigenvalue weighted by Gasteiger charge is -2.14. The van der Waals surface area contributed by atoms with Gasteiger partial charge in [-0.2, -0.15) is 0 Å². The Morgan fingerprint density at radius 3 is 2.58 bits per heavy atom. The standard InChI is InChI=1S/C20H15N3O6S2/c24-17(21-14-6-4-13(5-7-14)19(26)27)8-9-22-18(25)16(31-20(22)30)11-12-2-1-3-15(10-12)23(28)29/h1-7,10-11H,8-9H2,(H,21,24)(H,26,27)/b16-11-. The smallest absolute Gasteiger partial charge is 0.335 e. The van der Waals surface area contributed by atoms with E-state index in [-0.39, 0.29) is 36.0 Å². The quantitative estimate of drug-likeness (QED) is 0.280. The Morgan fingerprint density at radius 1 is 1.23 bits per heavy atom. The van der Waals surface area contributed by atoms with Crippen molar-refractivity contribution in [2.45, 2.75) is 6.42 Å². The van der Waals surface area contributed by atoms with Crippen molar-refractivity contribution in [2.24, 2.45) is 0 Å². The highest BCUT2D eigenvalue weighted by molar-refractivity contribution is 8.26. The first-order valence-corrected chi connectivity index (χ1v) is 10.1. The van der Waals surface area contributed by atoms with E-state index in [1.807, 2.05) is 0 Å². The average molecular weight is 457 g/mol. The Bertz CT molecular complexity index is 1110. The molecule has 1 aliphatic heterocycles. The van der Waals surface area contributed by atoms with Gasteiger partial charge in [0.25, 0.3) is 11.6 Å². The fourth-order valence-electron chi connectivity index (χ4n) is 2.71. The van der Waals surface area contributed by atoms with Gasteiger partial charge in [-0.1, -0.05) is 36.1 Å². The topological polar surface area (TPSA) is 130 Å². The molecule has 2 aromatic carbocycles. The molecule has 11 heteroatoms. The summed E-state index contributed by atoms with van der Waals surface area (Å²) in [6.07, 6.45) is 1.51. The zero-order valence-electron chi connectivity index (χ0n) is 15.8. The van der Waals surface area contributed by atoms with E-state index in [4.69, 9.17) is 17.3 Å². The van der Waals surface area contributed by atoms with E-state index in [1.54, 1.807) is 6.07 Å². The Morgan fingerprint density at radius 2 is 1.94 bits per heavy atom. The third-order valence-electron chi connectivity index (χ3n) is 4.23. The minimum atomic E-state index is -1.06. The fraction of sp³-hybridized carbons (Fsp3) is 0.100. The van der Waals surface area contributed by atoms with Gasteiger partial charge >= 0.3 is 5.97 Å². The monoisotopic (exact) mass is 457 g/mol. The van der Waals surface area contributed by atoms with Crippen LogP contribution in [0.3, 0.4) is 0 Å². The number of nitro groups is 1. The zero-order valence-corrected chi connectivity index (χ0v) is 17.4. The number of amides is 2. The molecule has 0 unspecified atom stereocenters. The van der Waals surface area contributed by atoms with Crippen molar-refractivity contribution >= 4 is 63.5 Å². The van der Waals surface area contributed by atoms with E-state index in [0.717, 1.165) is 11.8 Å². The summed E-state index contributed by atoms with van der Waals surface area (Å²) in [7, 11) is 0. The largest absolute Gasteiger partial charge is 0.478 e. The maximum atomic E-state index is 12.6. The molecular formula is C20H15N3O6S2. The van der Waals surface area contributed by atoms with Gasteiger partial charge in [0.05, 0.1) is 15.4 Å². The highest BCUT2D eigenvalue weighted by atomic mass is 32.2. The lowest BCUT2D eigenvalue weighted by molar-refractivity contribution is -0.384. The normalized spacial score (nSPS) is 14.7. The minimum absolute atomic E-state index is 0.0167. The summed E-state index contributed by atoms with van der Waals surface area (Å²) in [5.74, 6) is -1.80. The number of carbonyl (C=O) groups is 3. The highest BCUT2D eigenvalue weighted by Gasteiger charge is 2.32. The number of hydrogen-bond acceptors (Lipinski definition) is 7. The predicted octanol–water partition coefficient (Wildman–Crippen LogP) is 3.52. The molecule has 2 amide bonds. The molecule has 0 spiro atoms. The zero-order chi connectivity index (χ0) is 22.5. The number of non-ortho nitro benzene ring substituents is 1. The molecule has 0 aromatic heterocycles. The molecule has 1 saturated heterocycles. The summed E-state index contributed by atoms with van der Waals surface area (Å²) in [6, 6.07) is 11.6. The van der Waals surface area contributed by atoms with Gasteiger partial charge in [-0.3, -0.25) is 24.6 Å². The molecule has 0 bridgehead atoms. The van der Waals surface area contributed by atoms with Gasteiger partial charge in [0.2, 0.25) is 5.91 Å². The number of nitrogens with zero attached hydrogens (tertiary/aromatic N) is 2. The molecule has 1 heterocycles. The van der Waals surface area contributed by atoms with Crippen molar-refractivity contribution in [1.29, 1.82) is 0 Å². The summed E-state index contributed by atoms with van der Waals surface area (Å²) in [5.41, 5.74) is 0.951. The van der Waals surface area contributed by atoms with E-state index >= 15 is 0 Å². The van der Waals surface area contributed by atoms with Crippen LogP contribution in [0.25, 0.3) is 6.08 Å². The first-order chi connectivity index (χ1) is 14.7. The van der Waals surface area contributed by atoms with Gasteiger partial charge in [-0.15, -0.1) is 0 Å². The van der Waals surface area contributed by atoms with E-state index in [9.17, 15) is 24.5 Å². The molecule has 9 nitrogen and oxygen atoms in total. The third kappa shape index (κ3) is 5.53. The second-order valence-corrected chi connectivity index (χ2v) is 8.04. The van der Waals surface area contributed by atoms with Gasteiger partial charge in [0.1, 0.15) is 4.32 Å². The number of nitrogens with one attached hydrogen (secondary N) is 1. The third-order valence-corrected chi connectivity index (χ3v) is 5.61. The molecule has 2 aromatic rings. The number of hydrogen-bond donors (Lipinski definition) is 2. The minimum Gasteiger partial charge on any atom is -0.478 e. The van der Waals surface area contributed by atoms with Crippen LogP contribution >= 0.6 is 24.0 Å². The van der Waals surface area contributed by atoms with Crippen molar-refractivity contribution in [3.63, 3.8) is 0 Å². The number of rotatable bonds is 7. The van der Waals surface area contributed by atoms with Crippen molar-refractivity contribution in [2.75, 3.05) is 11.9 Å². The summed E-state index contributed by atoms with van der Waals surface area (Å²) in [4.78, 5) is 47.7. The van der Waals surface area contributed by atoms with E-state index in [1.165, 1.54) is 53.4 Å². The van der Waals surface area contributed by atoms with Crippen LogP contribution in [0.15, 0.2) is 53.4 Å². The first-order valence-electron chi connectivity index (χ1n) is 8.87. The molecule has 31 heavy (non-hydrogen) atoms. The second-order valence-electron chi connectivity index (χ2n) is 6.37. The van der Waals surface area contributed by atoms with Crippen LogP contribution < -0.4 is 5.32 Å².